The fourth-order valence-corrected chi connectivity index (χ4v) is 2.18. The lowest BCUT2D eigenvalue weighted by atomic mass is 10.1. The number of rotatable bonds is 4. The number of pyridine rings is 1. The van der Waals surface area contributed by atoms with Crippen molar-refractivity contribution in [3.63, 3.8) is 0 Å². The number of hydrazine groups is 1. The Morgan fingerprint density at radius 1 is 1.56 bits per heavy atom. The van der Waals surface area contributed by atoms with Crippen LogP contribution in [-0.2, 0) is 6.42 Å². The van der Waals surface area contributed by atoms with E-state index in [2.05, 4.69) is 15.4 Å². The molecule has 0 saturated heterocycles. The lowest BCUT2D eigenvalue weighted by Crippen LogP contribution is -2.30. The lowest BCUT2D eigenvalue weighted by molar-refractivity contribution is 0.541. The molecule has 2 heterocycles. The van der Waals surface area contributed by atoms with E-state index in [0.29, 0.717) is 0 Å². The third-order valence-corrected chi connectivity index (χ3v) is 3.19. The summed E-state index contributed by atoms with van der Waals surface area (Å²) in [6, 6.07) is 4.07. The van der Waals surface area contributed by atoms with Gasteiger partial charge in [0.25, 0.3) is 0 Å². The van der Waals surface area contributed by atoms with Crippen molar-refractivity contribution in [3.05, 3.63) is 46.2 Å². The first kappa shape index (κ1) is 11.2. The Morgan fingerprint density at radius 3 is 3.06 bits per heavy atom. The van der Waals surface area contributed by atoms with Gasteiger partial charge in [-0.05, 0) is 24.6 Å². The van der Waals surface area contributed by atoms with Crippen LogP contribution in [0.5, 0.6) is 0 Å². The van der Waals surface area contributed by atoms with E-state index >= 15 is 0 Å². The van der Waals surface area contributed by atoms with Gasteiger partial charge in [0.05, 0.1) is 17.2 Å². The number of thiazole rings is 1. The Bertz CT molecular complexity index is 441. The Hall–Kier alpha value is -1.30. The van der Waals surface area contributed by atoms with E-state index in [1.165, 1.54) is 10.4 Å². The van der Waals surface area contributed by atoms with Crippen molar-refractivity contribution in [1.29, 1.82) is 0 Å². The van der Waals surface area contributed by atoms with Gasteiger partial charge in [-0.1, -0.05) is 0 Å². The maximum Gasteiger partial charge on any atom is 0.0794 e. The molecule has 0 aromatic carbocycles. The topological polar surface area (TPSA) is 63.8 Å². The molecule has 1 atom stereocenters. The van der Waals surface area contributed by atoms with Gasteiger partial charge in [0, 0.05) is 23.7 Å². The van der Waals surface area contributed by atoms with Gasteiger partial charge in [-0.15, -0.1) is 11.3 Å². The molecule has 0 aliphatic carbocycles. The fraction of sp³-hybridized carbons (Fsp3) is 0.273. The van der Waals surface area contributed by atoms with Gasteiger partial charge in [0.15, 0.2) is 0 Å². The average Bonchev–Trinajstić information content (AvgIpc) is 2.78. The van der Waals surface area contributed by atoms with Crippen LogP contribution in [0.4, 0.5) is 0 Å². The summed E-state index contributed by atoms with van der Waals surface area (Å²) in [6.07, 6.45) is 4.49. The first-order chi connectivity index (χ1) is 7.79. The first-order valence-electron chi connectivity index (χ1n) is 5.05. The third kappa shape index (κ3) is 2.63. The van der Waals surface area contributed by atoms with Crippen LogP contribution in [0.2, 0.25) is 0 Å². The van der Waals surface area contributed by atoms with E-state index in [1.54, 1.807) is 11.3 Å². The van der Waals surface area contributed by atoms with Crippen molar-refractivity contribution in [1.82, 2.24) is 15.4 Å². The highest BCUT2D eigenvalue weighted by Crippen LogP contribution is 2.18. The molecule has 2 rings (SSSR count). The number of hydrogen-bond acceptors (Lipinski definition) is 5. The highest BCUT2D eigenvalue weighted by Gasteiger charge is 2.12. The third-order valence-electron chi connectivity index (χ3n) is 2.38. The molecule has 4 nitrogen and oxygen atoms in total. The number of nitrogens with two attached hydrogens (primary N) is 1. The molecule has 1 unspecified atom stereocenters. The number of nitrogens with one attached hydrogen (secondary N) is 1. The quantitative estimate of drug-likeness (QED) is 0.623. The molecule has 0 radical (unpaired) electrons. The first-order valence-corrected chi connectivity index (χ1v) is 5.93. The average molecular weight is 234 g/mol. The zero-order valence-corrected chi connectivity index (χ0v) is 9.87. The van der Waals surface area contributed by atoms with Gasteiger partial charge >= 0.3 is 0 Å². The van der Waals surface area contributed by atoms with Crippen LogP contribution in [0.15, 0.2) is 30.0 Å². The Kier molecular flexibility index (Phi) is 3.61. The molecule has 3 N–H and O–H groups in total. The molecular formula is C11H14N4S. The SMILES string of the molecule is Cc1ccnc(C(Cc2cncs2)NN)c1. The van der Waals surface area contributed by atoms with Crippen molar-refractivity contribution in [2.75, 3.05) is 0 Å². The lowest BCUT2D eigenvalue weighted by Gasteiger charge is -2.14. The summed E-state index contributed by atoms with van der Waals surface area (Å²) in [6.45, 7) is 2.05. The minimum Gasteiger partial charge on any atom is -0.271 e. The smallest absolute Gasteiger partial charge is 0.0794 e. The van der Waals surface area contributed by atoms with E-state index < -0.39 is 0 Å². The second-order valence-corrected chi connectivity index (χ2v) is 4.62. The molecule has 16 heavy (non-hydrogen) atoms. The van der Waals surface area contributed by atoms with Crippen molar-refractivity contribution in [2.24, 2.45) is 5.84 Å². The summed E-state index contributed by atoms with van der Waals surface area (Å²) in [5.41, 5.74) is 6.78. The normalized spacial score (nSPS) is 12.6. The molecule has 0 amide bonds. The molecule has 84 valence electrons. The molecule has 0 aliphatic rings. The van der Waals surface area contributed by atoms with Crippen LogP contribution in [0.25, 0.3) is 0 Å². The maximum atomic E-state index is 5.57. The number of hydrogen-bond donors (Lipinski definition) is 2. The van der Waals surface area contributed by atoms with E-state index in [0.717, 1.165) is 12.1 Å². The van der Waals surface area contributed by atoms with E-state index in [4.69, 9.17) is 5.84 Å². The Balaban J connectivity index is 2.16. The predicted octanol–water partition coefficient (Wildman–Crippen LogP) is 1.59. The van der Waals surface area contributed by atoms with Gasteiger partial charge in [-0.2, -0.15) is 0 Å². The number of aromatic nitrogens is 2. The van der Waals surface area contributed by atoms with Crippen LogP contribution in [-0.4, -0.2) is 9.97 Å². The van der Waals surface area contributed by atoms with Crippen LogP contribution in [0.3, 0.4) is 0 Å². The summed E-state index contributed by atoms with van der Waals surface area (Å²) >= 11 is 1.63. The zero-order chi connectivity index (χ0) is 11.4. The van der Waals surface area contributed by atoms with Crippen LogP contribution >= 0.6 is 11.3 Å². The molecule has 2 aromatic heterocycles. The van der Waals surface area contributed by atoms with E-state index in [-0.39, 0.29) is 6.04 Å². The highest BCUT2D eigenvalue weighted by molar-refractivity contribution is 7.09. The summed E-state index contributed by atoms with van der Waals surface area (Å²) in [5, 5.41) is 0. The molecule has 0 fully saturated rings. The monoisotopic (exact) mass is 234 g/mol. The maximum absolute atomic E-state index is 5.57. The minimum atomic E-state index is 0.0420. The summed E-state index contributed by atoms with van der Waals surface area (Å²) in [5.74, 6) is 5.57. The van der Waals surface area contributed by atoms with E-state index in [9.17, 15) is 0 Å². The second kappa shape index (κ2) is 5.16. The van der Waals surface area contributed by atoms with Gasteiger partial charge in [-0.25, -0.2) is 0 Å². The van der Waals surface area contributed by atoms with Crippen LogP contribution in [0.1, 0.15) is 22.2 Å². The highest BCUT2D eigenvalue weighted by atomic mass is 32.1. The molecule has 5 heteroatoms. The standard InChI is InChI=1S/C11H14N4S/c1-8-2-3-14-10(4-8)11(15-12)5-9-6-13-7-16-9/h2-4,6-7,11,15H,5,12H2,1H3. The van der Waals surface area contributed by atoms with Crippen molar-refractivity contribution in [2.45, 2.75) is 19.4 Å². The summed E-state index contributed by atoms with van der Waals surface area (Å²) in [4.78, 5) is 9.58. The zero-order valence-electron chi connectivity index (χ0n) is 9.05. The van der Waals surface area contributed by atoms with Gasteiger partial charge in [0.1, 0.15) is 0 Å². The van der Waals surface area contributed by atoms with Crippen LogP contribution in [0, 0.1) is 6.92 Å². The molecular weight excluding hydrogens is 220 g/mol. The van der Waals surface area contributed by atoms with Crippen molar-refractivity contribution in [3.8, 4) is 0 Å². The number of nitrogens with zero attached hydrogens (tertiary/aromatic N) is 2. The molecule has 0 aliphatic heterocycles. The second-order valence-electron chi connectivity index (χ2n) is 3.65. The molecule has 2 aromatic rings. The van der Waals surface area contributed by atoms with E-state index in [1.807, 2.05) is 37.0 Å². The molecule has 0 spiro atoms. The van der Waals surface area contributed by atoms with Gasteiger partial charge in [-0.3, -0.25) is 21.2 Å². The molecule has 0 bridgehead atoms. The number of aryl methyl sites for hydroxylation is 1. The Labute approximate surface area is 98.5 Å². The van der Waals surface area contributed by atoms with Crippen molar-refractivity contribution >= 4 is 11.3 Å². The summed E-state index contributed by atoms with van der Waals surface area (Å²) in [7, 11) is 0. The Morgan fingerprint density at radius 2 is 2.44 bits per heavy atom. The minimum absolute atomic E-state index is 0.0420. The van der Waals surface area contributed by atoms with Gasteiger partial charge in [0.2, 0.25) is 0 Å². The molecule has 0 saturated carbocycles. The largest absolute Gasteiger partial charge is 0.271 e. The summed E-state index contributed by atoms with van der Waals surface area (Å²) < 4.78 is 0. The van der Waals surface area contributed by atoms with Crippen molar-refractivity contribution < 1.29 is 0 Å². The van der Waals surface area contributed by atoms with Gasteiger partial charge < -0.3 is 0 Å². The fourth-order valence-electron chi connectivity index (χ4n) is 1.54. The van der Waals surface area contributed by atoms with Crippen LogP contribution < -0.4 is 11.3 Å². The predicted molar refractivity (Wildman–Crippen MR) is 64.9 cm³/mol.